The highest BCUT2D eigenvalue weighted by Gasteiger charge is 2.52. The number of unbranched alkanes of at least 4 members (excludes halogenated alkanes) is 10. The Hall–Kier alpha value is -3.34. The van der Waals surface area contributed by atoms with Crippen LogP contribution in [0.15, 0.2) is 84.9 Å². The summed E-state index contributed by atoms with van der Waals surface area (Å²) in [5, 5.41) is 2.63. The number of aromatic nitrogens is 1. The SMILES string of the molecule is CCCCCCCCC1(CCCCCCCC)c2cc(B3OC(C)(C)C(C)(C)O3)ccc2-c2ccc(-n3c4ccccc4c4ccccc43)cc21. The van der Waals surface area contributed by atoms with Crippen LogP contribution in [0.1, 0.15) is 143 Å². The second-order valence-electron chi connectivity index (χ2n) is 16.6. The molecule has 3 nitrogen and oxygen atoms in total. The predicted molar refractivity (Wildman–Crippen MR) is 219 cm³/mol. The third kappa shape index (κ3) is 6.72. The normalized spacial score (nSPS) is 17.0. The fraction of sp³-hybridized carbons (Fsp3) is 0.489. The van der Waals surface area contributed by atoms with E-state index in [-0.39, 0.29) is 23.7 Å². The van der Waals surface area contributed by atoms with Crippen LogP contribution in [0.3, 0.4) is 0 Å². The summed E-state index contributed by atoms with van der Waals surface area (Å²) >= 11 is 0. The molecule has 4 aromatic carbocycles. The van der Waals surface area contributed by atoms with Gasteiger partial charge in [-0.05, 0) is 92.5 Å². The first-order valence-corrected chi connectivity index (χ1v) is 20.3. The molecule has 1 saturated heterocycles. The minimum absolute atomic E-state index is 0.0470. The molecule has 0 amide bonds. The fourth-order valence-corrected chi connectivity index (χ4v) is 9.04. The third-order valence-electron chi connectivity index (χ3n) is 12.6. The maximum absolute atomic E-state index is 6.65. The van der Waals surface area contributed by atoms with Gasteiger partial charge in [-0.2, -0.15) is 0 Å². The van der Waals surface area contributed by atoms with Crippen molar-refractivity contribution in [2.75, 3.05) is 0 Å². The fourth-order valence-electron chi connectivity index (χ4n) is 9.04. The van der Waals surface area contributed by atoms with Crippen molar-refractivity contribution in [3.63, 3.8) is 0 Å². The Balaban J connectivity index is 1.35. The Kier molecular flexibility index (Phi) is 10.6. The summed E-state index contributed by atoms with van der Waals surface area (Å²) in [6, 6.07) is 32.4. The molecule has 1 aliphatic heterocycles. The number of hydrogen-bond donors (Lipinski definition) is 0. The Bertz CT molecular complexity index is 1880. The van der Waals surface area contributed by atoms with Crippen molar-refractivity contribution < 1.29 is 9.31 Å². The maximum Gasteiger partial charge on any atom is 0.494 e. The largest absolute Gasteiger partial charge is 0.494 e. The third-order valence-corrected chi connectivity index (χ3v) is 12.6. The van der Waals surface area contributed by atoms with Gasteiger partial charge >= 0.3 is 7.12 Å². The van der Waals surface area contributed by atoms with Gasteiger partial charge in [0.25, 0.3) is 0 Å². The molecule has 0 radical (unpaired) electrons. The van der Waals surface area contributed by atoms with Crippen LogP contribution in [0, 0.1) is 0 Å². The molecule has 2 aliphatic rings. The number of nitrogens with zero attached hydrogens (tertiary/aromatic N) is 1. The first-order valence-electron chi connectivity index (χ1n) is 20.3. The van der Waals surface area contributed by atoms with E-state index in [1.54, 1.807) is 0 Å². The molecule has 0 atom stereocenters. The molecular weight excluding hydrogens is 621 g/mol. The second-order valence-corrected chi connectivity index (χ2v) is 16.6. The molecule has 5 aromatic rings. The van der Waals surface area contributed by atoms with Crippen LogP contribution < -0.4 is 5.46 Å². The smallest absolute Gasteiger partial charge is 0.399 e. The molecular formula is C47H60BNO2. The molecule has 0 saturated carbocycles. The van der Waals surface area contributed by atoms with Gasteiger partial charge in [0.05, 0.1) is 22.2 Å². The number of para-hydroxylation sites is 2. The van der Waals surface area contributed by atoms with Crippen molar-refractivity contribution in [2.45, 2.75) is 148 Å². The Morgan fingerprint density at radius 3 is 1.55 bits per heavy atom. The van der Waals surface area contributed by atoms with Crippen LogP contribution in [0.5, 0.6) is 0 Å². The zero-order valence-corrected chi connectivity index (χ0v) is 32.3. The lowest BCUT2D eigenvalue weighted by Gasteiger charge is -2.33. The monoisotopic (exact) mass is 681 g/mol. The molecule has 0 bridgehead atoms. The van der Waals surface area contributed by atoms with E-state index < -0.39 is 0 Å². The number of fused-ring (bicyclic) bond motifs is 6. The molecule has 51 heavy (non-hydrogen) atoms. The highest BCUT2D eigenvalue weighted by atomic mass is 16.7. The van der Waals surface area contributed by atoms with E-state index in [0.29, 0.717) is 0 Å². The van der Waals surface area contributed by atoms with E-state index >= 15 is 0 Å². The number of hydrogen-bond acceptors (Lipinski definition) is 2. The van der Waals surface area contributed by atoms with Gasteiger partial charge < -0.3 is 13.9 Å². The standard InChI is InChI=1S/C47H60BNO2/c1-7-9-11-13-15-21-31-47(32-22-16-14-12-10-8-2)41-33-35(48-50-45(3,4)46(5,6)51-48)27-29-37(41)38-30-28-36(34-42(38)47)49-43-25-19-17-23-39(43)40-24-18-20-26-44(40)49/h17-20,23-30,33-34H,7-16,21-22,31-32H2,1-6H3. The minimum Gasteiger partial charge on any atom is -0.399 e. The van der Waals surface area contributed by atoms with E-state index in [0.717, 1.165) is 5.46 Å². The molecule has 2 heterocycles. The molecule has 1 aliphatic carbocycles. The van der Waals surface area contributed by atoms with E-state index in [9.17, 15) is 0 Å². The Morgan fingerprint density at radius 1 is 0.529 bits per heavy atom. The zero-order chi connectivity index (χ0) is 35.6. The van der Waals surface area contributed by atoms with Crippen LogP contribution in [0.4, 0.5) is 0 Å². The summed E-state index contributed by atoms with van der Waals surface area (Å²) in [6.07, 6.45) is 18.1. The number of rotatable bonds is 16. The van der Waals surface area contributed by atoms with Crippen molar-refractivity contribution in [2.24, 2.45) is 0 Å². The highest BCUT2D eigenvalue weighted by Crippen LogP contribution is 2.55. The van der Waals surface area contributed by atoms with Gasteiger partial charge in [-0.3, -0.25) is 0 Å². The first kappa shape index (κ1) is 36.0. The van der Waals surface area contributed by atoms with Gasteiger partial charge in [0.2, 0.25) is 0 Å². The summed E-state index contributed by atoms with van der Waals surface area (Å²) in [5.74, 6) is 0. The summed E-state index contributed by atoms with van der Waals surface area (Å²) < 4.78 is 15.8. The molecule has 0 unspecified atom stereocenters. The molecule has 1 fully saturated rings. The van der Waals surface area contributed by atoms with Crippen molar-refractivity contribution in [1.29, 1.82) is 0 Å². The van der Waals surface area contributed by atoms with E-state index in [2.05, 4.69) is 131 Å². The van der Waals surface area contributed by atoms with Gasteiger partial charge in [0.15, 0.2) is 0 Å². The van der Waals surface area contributed by atoms with E-state index in [1.807, 2.05) is 0 Å². The summed E-state index contributed by atoms with van der Waals surface area (Å²) in [5.41, 5.74) is 9.99. The van der Waals surface area contributed by atoms with Crippen molar-refractivity contribution in [1.82, 2.24) is 4.57 Å². The molecule has 0 N–H and O–H groups in total. The Labute approximate surface area is 308 Å². The molecule has 1 aromatic heterocycles. The van der Waals surface area contributed by atoms with Crippen molar-refractivity contribution >= 4 is 34.4 Å². The second kappa shape index (κ2) is 15.0. The molecule has 268 valence electrons. The van der Waals surface area contributed by atoms with E-state index in [1.165, 1.54) is 140 Å². The summed E-state index contributed by atoms with van der Waals surface area (Å²) in [6.45, 7) is 13.3. The van der Waals surface area contributed by atoms with Crippen molar-refractivity contribution in [3.8, 4) is 16.8 Å². The van der Waals surface area contributed by atoms with Crippen LogP contribution in [0.2, 0.25) is 0 Å². The van der Waals surface area contributed by atoms with Gasteiger partial charge in [0.1, 0.15) is 0 Å². The molecule has 4 heteroatoms. The van der Waals surface area contributed by atoms with Crippen LogP contribution in [0.25, 0.3) is 38.6 Å². The van der Waals surface area contributed by atoms with Crippen LogP contribution >= 0.6 is 0 Å². The lowest BCUT2D eigenvalue weighted by Crippen LogP contribution is -2.41. The van der Waals surface area contributed by atoms with Crippen LogP contribution in [-0.2, 0) is 14.7 Å². The lowest BCUT2D eigenvalue weighted by atomic mass is 9.68. The molecule has 0 spiro atoms. The quantitative estimate of drug-likeness (QED) is 0.0764. The van der Waals surface area contributed by atoms with Gasteiger partial charge in [-0.15, -0.1) is 0 Å². The topological polar surface area (TPSA) is 23.4 Å². The predicted octanol–water partition coefficient (Wildman–Crippen LogP) is 12.9. The van der Waals surface area contributed by atoms with Gasteiger partial charge in [-0.25, -0.2) is 0 Å². The number of benzene rings is 4. The van der Waals surface area contributed by atoms with Crippen LogP contribution in [-0.4, -0.2) is 22.9 Å². The minimum atomic E-state index is -0.370. The summed E-state index contributed by atoms with van der Waals surface area (Å²) in [4.78, 5) is 0. The maximum atomic E-state index is 6.65. The molecule has 7 rings (SSSR count). The van der Waals surface area contributed by atoms with Gasteiger partial charge in [0, 0.05) is 21.9 Å². The highest BCUT2D eigenvalue weighted by molar-refractivity contribution is 6.62. The Morgan fingerprint density at radius 2 is 1.00 bits per heavy atom. The average Bonchev–Trinajstić information content (AvgIpc) is 3.69. The van der Waals surface area contributed by atoms with Gasteiger partial charge in [-0.1, -0.05) is 152 Å². The van der Waals surface area contributed by atoms with Crippen molar-refractivity contribution in [3.05, 3.63) is 96.1 Å². The van der Waals surface area contributed by atoms with E-state index in [4.69, 9.17) is 9.31 Å². The zero-order valence-electron chi connectivity index (χ0n) is 32.3. The average molecular weight is 682 g/mol. The summed E-state index contributed by atoms with van der Waals surface area (Å²) in [7, 11) is -0.363. The lowest BCUT2D eigenvalue weighted by molar-refractivity contribution is 0.00578. The first-order chi connectivity index (χ1) is 24.7.